The molecule has 1 aliphatic carbocycles. The van der Waals surface area contributed by atoms with Gasteiger partial charge >= 0.3 is 12.0 Å². The molecule has 0 bridgehead atoms. The van der Waals surface area contributed by atoms with Gasteiger partial charge in [-0.05, 0) is 31.9 Å². The molecule has 5 nitrogen and oxygen atoms in total. The van der Waals surface area contributed by atoms with Gasteiger partial charge in [0.2, 0.25) is 0 Å². The van der Waals surface area contributed by atoms with Gasteiger partial charge in [0.15, 0.2) is 0 Å². The number of carboxylic acids is 1. The lowest BCUT2D eigenvalue weighted by Crippen LogP contribution is -2.52. The number of nitrogens with one attached hydrogen (secondary N) is 1. The summed E-state index contributed by atoms with van der Waals surface area (Å²) in [6.07, 6.45) is 3.36. The summed E-state index contributed by atoms with van der Waals surface area (Å²) < 4.78 is 0. The summed E-state index contributed by atoms with van der Waals surface area (Å²) >= 11 is 0. The largest absolute Gasteiger partial charge is 0.481 e. The highest BCUT2D eigenvalue weighted by Gasteiger charge is 2.38. The number of carbonyl (C=O) groups is 2. The highest BCUT2D eigenvalue weighted by molar-refractivity contribution is 5.92. The van der Waals surface area contributed by atoms with Gasteiger partial charge in [-0.2, -0.15) is 0 Å². The average Bonchev–Trinajstić information content (AvgIpc) is 2.86. The number of anilines is 1. The number of aryl methyl sites for hydroxylation is 1. The van der Waals surface area contributed by atoms with E-state index < -0.39 is 11.5 Å². The van der Waals surface area contributed by atoms with E-state index in [2.05, 4.69) is 5.32 Å². The molecule has 2 amide bonds. The van der Waals surface area contributed by atoms with Crippen LogP contribution in [0, 0.1) is 6.92 Å². The van der Waals surface area contributed by atoms with E-state index in [9.17, 15) is 9.59 Å². The summed E-state index contributed by atoms with van der Waals surface area (Å²) in [4.78, 5) is 25.0. The van der Waals surface area contributed by atoms with Crippen molar-refractivity contribution in [1.82, 2.24) is 5.32 Å². The third-order valence-electron chi connectivity index (χ3n) is 4.15. The summed E-state index contributed by atoms with van der Waals surface area (Å²) in [5.74, 6) is -0.866. The minimum atomic E-state index is -0.866. The van der Waals surface area contributed by atoms with Crippen LogP contribution >= 0.6 is 0 Å². The zero-order valence-electron chi connectivity index (χ0n) is 12.6. The monoisotopic (exact) mass is 290 g/mol. The van der Waals surface area contributed by atoms with Crippen molar-refractivity contribution in [2.24, 2.45) is 0 Å². The Morgan fingerprint density at radius 3 is 2.33 bits per heavy atom. The van der Waals surface area contributed by atoms with Crippen LogP contribution in [0.5, 0.6) is 0 Å². The number of rotatable bonds is 4. The lowest BCUT2D eigenvalue weighted by molar-refractivity contribution is -0.138. The first-order valence-corrected chi connectivity index (χ1v) is 7.26. The number of carbonyl (C=O) groups excluding carboxylic acids is 1. The predicted molar refractivity (Wildman–Crippen MR) is 81.6 cm³/mol. The molecule has 1 aliphatic rings. The van der Waals surface area contributed by atoms with Gasteiger partial charge in [0.1, 0.15) is 0 Å². The highest BCUT2D eigenvalue weighted by atomic mass is 16.4. The molecule has 1 aromatic rings. The third kappa shape index (κ3) is 3.74. The summed E-state index contributed by atoms with van der Waals surface area (Å²) in [6, 6.07) is 7.41. The molecule has 2 N–H and O–H groups in total. The third-order valence-corrected chi connectivity index (χ3v) is 4.15. The van der Waals surface area contributed by atoms with E-state index in [0.29, 0.717) is 0 Å². The SMILES string of the molecule is Cc1ccc(N(C)C(=O)NC2(CC(=O)O)CCCC2)cc1. The molecule has 0 radical (unpaired) electrons. The standard InChI is InChI=1S/C16H22N2O3/c1-12-5-7-13(8-6-12)18(2)15(21)17-16(11-14(19)20)9-3-4-10-16/h5-8H,3-4,9-11H2,1-2H3,(H,17,21)(H,19,20). The first kappa shape index (κ1) is 15.4. The minimum Gasteiger partial charge on any atom is -0.481 e. The van der Waals surface area contributed by atoms with Crippen molar-refractivity contribution in [1.29, 1.82) is 0 Å². The first-order chi connectivity index (χ1) is 9.92. The van der Waals surface area contributed by atoms with Crippen molar-refractivity contribution in [3.05, 3.63) is 29.8 Å². The number of urea groups is 1. The second kappa shape index (κ2) is 6.16. The molecule has 0 atom stereocenters. The van der Waals surface area contributed by atoms with Gasteiger partial charge in [-0.25, -0.2) is 4.79 Å². The summed E-state index contributed by atoms with van der Waals surface area (Å²) in [5.41, 5.74) is 1.33. The Bertz CT molecular complexity index is 519. The van der Waals surface area contributed by atoms with E-state index in [-0.39, 0.29) is 12.5 Å². The number of hydrogen-bond donors (Lipinski definition) is 2. The average molecular weight is 290 g/mol. The van der Waals surface area contributed by atoms with Crippen molar-refractivity contribution < 1.29 is 14.7 Å². The van der Waals surface area contributed by atoms with E-state index in [0.717, 1.165) is 36.9 Å². The van der Waals surface area contributed by atoms with Crippen molar-refractivity contribution in [2.45, 2.75) is 44.6 Å². The van der Waals surface area contributed by atoms with Gasteiger partial charge < -0.3 is 10.4 Å². The molecule has 0 saturated heterocycles. The Morgan fingerprint density at radius 2 is 1.81 bits per heavy atom. The molecule has 0 heterocycles. The second-order valence-corrected chi connectivity index (χ2v) is 5.88. The summed E-state index contributed by atoms with van der Waals surface area (Å²) in [5, 5.41) is 12.0. The van der Waals surface area contributed by atoms with Gasteiger partial charge in [0, 0.05) is 12.7 Å². The lowest BCUT2D eigenvalue weighted by atomic mass is 9.93. The number of nitrogens with zero attached hydrogens (tertiary/aromatic N) is 1. The molecule has 0 aliphatic heterocycles. The molecular weight excluding hydrogens is 268 g/mol. The fourth-order valence-corrected chi connectivity index (χ4v) is 2.88. The zero-order chi connectivity index (χ0) is 15.5. The number of carboxylic acid groups (broad SMARTS) is 1. The molecule has 1 fully saturated rings. The molecule has 114 valence electrons. The number of amides is 2. The Morgan fingerprint density at radius 1 is 1.24 bits per heavy atom. The predicted octanol–water partition coefficient (Wildman–Crippen LogP) is 2.93. The number of benzene rings is 1. The number of hydrogen-bond acceptors (Lipinski definition) is 2. The first-order valence-electron chi connectivity index (χ1n) is 7.26. The normalized spacial score (nSPS) is 16.5. The van der Waals surface area contributed by atoms with Crippen LogP contribution in [0.4, 0.5) is 10.5 Å². The molecule has 21 heavy (non-hydrogen) atoms. The van der Waals surface area contributed by atoms with Crippen LogP contribution in [-0.4, -0.2) is 29.7 Å². The van der Waals surface area contributed by atoms with E-state index in [1.54, 1.807) is 7.05 Å². The van der Waals surface area contributed by atoms with E-state index in [1.165, 1.54) is 4.90 Å². The van der Waals surface area contributed by atoms with Gasteiger partial charge in [-0.1, -0.05) is 30.5 Å². The second-order valence-electron chi connectivity index (χ2n) is 5.88. The van der Waals surface area contributed by atoms with Crippen LogP contribution in [0.25, 0.3) is 0 Å². The van der Waals surface area contributed by atoms with Crippen molar-refractivity contribution in [3.8, 4) is 0 Å². The molecule has 0 aromatic heterocycles. The van der Waals surface area contributed by atoms with Crippen molar-refractivity contribution in [3.63, 3.8) is 0 Å². The molecular formula is C16H22N2O3. The molecule has 2 rings (SSSR count). The van der Waals surface area contributed by atoms with Crippen LogP contribution < -0.4 is 10.2 Å². The molecule has 0 spiro atoms. The molecule has 1 aromatic carbocycles. The van der Waals surface area contributed by atoms with Gasteiger partial charge in [0.25, 0.3) is 0 Å². The van der Waals surface area contributed by atoms with E-state index in [4.69, 9.17) is 5.11 Å². The van der Waals surface area contributed by atoms with E-state index in [1.807, 2.05) is 31.2 Å². The van der Waals surface area contributed by atoms with Gasteiger partial charge in [-0.3, -0.25) is 9.69 Å². The van der Waals surface area contributed by atoms with Crippen molar-refractivity contribution in [2.75, 3.05) is 11.9 Å². The van der Waals surface area contributed by atoms with Gasteiger partial charge in [-0.15, -0.1) is 0 Å². The van der Waals surface area contributed by atoms with Crippen LogP contribution in [0.2, 0.25) is 0 Å². The van der Waals surface area contributed by atoms with Gasteiger partial charge in [0.05, 0.1) is 12.0 Å². The smallest absolute Gasteiger partial charge is 0.322 e. The van der Waals surface area contributed by atoms with Crippen LogP contribution in [0.3, 0.4) is 0 Å². The minimum absolute atomic E-state index is 0.0134. The lowest BCUT2D eigenvalue weighted by Gasteiger charge is -2.31. The maximum atomic E-state index is 12.4. The van der Waals surface area contributed by atoms with Crippen LogP contribution in [0.15, 0.2) is 24.3 Å². The van der Waals surface area contributed by atoms with E-state index >= 15 is 0 Å². The number of aliphatic carboxylic acids is 1. The van der Waals surface area contributed by atoms with Crippen molar-refractivity contribution >= 4 is 17.7 Å². The molecule has 1 saturated carbocycles. The maximum Gasteiger partial charge on any atom is 0.322 e. The maximum absolute atomic E-state index is 12.4. The fraction of sp³-hybridized carbons (Fsp3) is 0.500. The Kier molecular flexibility index (Phi) is 4.50. The van der Waals surface area contributed by atoms with Crippen LogP contribution in [0.1, 0.15) is 37.7 Å². The van der Waals surface area contributed by atoms with Crippen LogP contribution in [-0.2, 0) is 4.79 Å². The Hall–Kier alpha value is -2.04. The molecule has 5 heteroatoms. The highest BCUT2D eigenvalue weighted by Crippen LogP contribution is 2.33. The Labute approximate surface area is 125 Å². The molecule has 0 unspecified atom stereocenters. The fourth-order valence-electron chi connectivity index (χ4n) is 2.88. The zero-order valence-corrected chi connectivity index (χ0v) is 12.6. The Balaban J connectivity index is 2.08. The summed E-state index contributed by atoms with van der Waals surface area (Å²) in [6.45, 7) is 1.99. The quantitative estimate of drug-likeness (QED) is 0.895. The summed E-state index contributed by atoms with van der Waals surface area (Å²) in [7, 11) is 1.70. The topological polar surface area (TPSA) is 69.6 Å².